The molecular weight excluding hydrogens is 334 g/mol. The Morgan fingerprint density at radius 2 is 2.00 bits per heavy atom. The molecule has 2 aliphatic rings. The van der Waals surface area contributed by atoms with Crippen molar-refractivity contribution in [1.82, 2.24) is 4.90 Å². The number of halogens is 1. The zero-order valence-electron chi connectivity index (χ0n) is 11.9. The van der Waals surface area contributed by atoms with Crippen LogP contribution in [0.15, 0.2) is 22.7 Å². The van der Waals surface area contributed by atoms with Gasteiger partial charge in [-0.25, -0.2) is 0 Å². The van der Waals surface area contributed by atoms with Crippen LogP contribution in [0, 0.1) is 18.3 Å². The average molecular weight is 352 g/mol. The van der Waals surface area contributed by atoms with Crippen LogP contribution in [0.2, 0.25) is 0 Å². The minimum atomic E-state index is -0.683. The molecule has 112 valence electrons. The van der Waals surface area contributed by atoms with Crippen LogP contribution in [0.3, 0.4) is 0 Å². The van der Waals surface area contributed by atoms with E-state index in [-0.39, 0.29) is 17.2 Å². The van der Waals surface area contributed by atoms with Gasteiger partial charge in [0.1, 0.15) is 0 Å². The number of aliphatic carboxylic acids is 1. The van der Waals surface area contributed by atoms with E-state index in [1.54, 1.807) is 0 Å². The number of amides is 1. The summed E-state index contributed by atoms with van der Waals surface area (Å²) < 4.78 is 0.940. The Morgan fingerprint density at radius 1 is 1.33 bits per heavy atom. The van der Waals surface area contributed by atoms with E-state index < -0.39 is 5.97 Å². The second-order valence-corrected chi connectivity index (χ2v) is 7.07. The molecule has 5 heteroatoms. The highest BCUT2D eigenvalue weighted by molar-refractivity contribution is 9.10. The lowest BCUT2D eigenvalue weighted by molar-refractivity contribution is -0.139. The number of benzene rings is 1. The van der Waals surface area contributed by atoms with E-state index in [9.17, 15) is 9.59 Å². The monoisotopic (exact) mass is 351 g/mol. The van der Waals surface area contributed by atoms with E-state index in [0.717, 1.165) is 29.3 Å². The normalized spacial score (nSPS) is 23.1. The molecule has 0 aromatic heterocycles. The molecule has 1 N–H and O–H groups in total. The highest BCUT2D eigenvalue weighted by Crippen LogP contribution is 2.59. The molecule has 1 aliphatic heterocycles. The largest absolute Gasteiger partial charge is 0.481 e. The molecule has 21 heavy (non-hydrogen) atoms. The molecule has 1 aliphatic carbocycles. The van der Waals surface area contributed by atoms with Crippen LogP contribution >= 0.6 is 15.9 Å². The molecule has 1 spiro atoms. The van der Waals surface area contributed by atoms with Crippen molar-refractivity contribution >= 4 is 27.8 Å². The maximum Gasteiger partial charge on any atom is 0.307 e. The van der Waals surface area contributed by atoms with Gasteiger partial charge < -0.3 is 10.0 Å². The fraction of sp³-hybridized carbons (Fsp3) is 0.500. The standard InChI is InChI=1S/C16H18BrNO3/c1-10-2-3-11(8-13(10)17)14(19)18-6-4-16(5-7-18)9-12(16)15(20)21/h2-3,8,12H,4-7,9H2,1H3,(H,20,21). The summed E-state index contributed by atoms with van der Waals surface area (Å²) in [5.41, 5.74) is 1.76. The Balaban J connectivity index is 1.66. The van der Waals surface area contributed by atoms with E-state index in [1.807, 2.05) is 30.0 Å². The maximum absolute atomic E-state index is 12.5. The van der Waals surface area contributed by atoms with Gasteiger partial charge in [-0.15, -0.1) is 0 Å². The summed E-state index contributed by atoms with van der Waals surface area (Å²) in [6, 6.07) is 5.65. The highest BCUT2D eigenvalue weighted by atomic mass is 79.9. The molecule has 1 atom stereocenters. The summed E-state index contributed by atoms with van der Waals surface area (Å²) in [5, 5.41) is 9.09. The third-order valence-electron chi connectivity index (χ3n) is 4.95. The van der Waals surface area contributed by atoms with E-state index in [1.165, 1.54) is 0 Å². The number of aryl methyl sites for hydroxylation is 1. The molecule has 3 rings (SSSR count). The van der Waals surface area contributed by atoms with Crippen LogP contribution in [0.4, 0.5) is 0 Å². The number of carboxylic acids is 1. The van der Waals surface area contributed by atoms with E-state index in [0.29, 0.717) is 18.7 Å². The molecule has 0 bridgehead atoms. The average Bonchev–Trinajstić information content (AvgIpc) is 3.16. The number of carbonyl (C=O) groups is 2. The minimum Gasteiger partial charge on any atom is -0.481 e. The Labute approximate surface area is 132 Å². The second kappa shape index (κ2) is 5.13. The molecule has 4 nitrogen and oxygen atoms in total. The first-order chi connectivity index (χ1) is 9.93. The topological polar surface area (TPSA) is 57.6 Å². The lowest BCUT2D eigenvalue weighted by Gasteiger charge is -2.32. The molecule has 1 unspecified atom stereocenters. The number of carbonyl (C=O) groups excluding carboxylic acids is 1. The van der Waals surface area contributed by atoms with Gasteiger partial charge in [0.15, 0.2) is 0 Å². The fourth-order valence-electron chi connectivity index (χ4n) is 3.31. The first-order valence-electron chi connectivity index (χ1n) is 7.21. The van der Waals surface area contributed by atoms with Crippen LogP contribution in [0.1, 0.15) is 35.2 Å². The zero-order valence-corrected chi connectivity index (χ0v) is 13.5. The van der Waals surface area contributed by atoms with Gasteiger partial charge in [0.2, 0.25) is 0 Å². The van der Waals surface area contributed by atoms with Crippen molar-refractivity contribution in [3.8, 4) is 0 Å². The molecule has 1 aromatic carbocycles. The maximum atomic E-state index is 12.5. The number of carboxylic acid groups (broad SMARTS) is 1. The van der Waals surface area contributed by atoms with Crippen molar-refractivity contribution in [1.29, 1.82) is 0 Å². The van der Waals surface area contributed by atoms with Crippen molar-refractivity contribution in [2.75, 3.05) is 13.1 Å². The van der Waals surface area contributed by atoms with Crippen LogP contribution in [0.25, 0.3) is 0 Å². The van der Waals surface area contributed by atoms with Crippen molar-refractivity contribution in [3.63, 3.8) is 0 Å². The predicted octanol–water partition coefficient (Wildman–Crippen LogP) is 3.08. The molecule has 2 fully saturated rings. The third kappa shape index (κ3) is 2.59. The summed E-state index contributed by atoms with van der Waals surface area (Å²) in [6.07, 6.45) is 2.39. The van der Waals surface area contributed by atoms with E-state index in [4.69, 9.17) is 5.11 Å². The first-order valence-corrected chi connectivity index (χ1v) is 8.00. The predicted molar refractivity (Wildman–Crippen MR) is 82.2 cm³/mol. The van der Waals surface area contributed by atoms with E-state index >= 15 is 0 Å². The number of hydrogen-bond acceptors (Lipinski definition) is 2. The summed E-state index contributed by atoms with van der Waals surface area (Å²) >= 11 is 3.45. The lowest BCUT2D eigenvalue weighted by Crippen LogP contribution is -2.40. The molecule has 1 saturated carbocycles. The number of rotatable bonds is 2. The smallest absolute Gasteiger partial charge is 0.307 e. The Bertz CT molecular complexity index is 606. The quantitative estimate of drug-likeness (QED) is 0.890. The summed E-state index contributed by atoms with van der Waals surface area (Å²) in [4.78, 5) is 25.4. The van der Waals surface area contributed by atoms with E-state index in [2.05, 4.69) is 15.9 Å². The van der Waals surface area contributed by atoms with Gasteiger partial charge in [-0.05, 0) is 49.3 Å². The summed E-state index contributed by atoms with van der Waals surface area (Å²) in [7, 11) is 0. The number of hydrogen-bond donors (Lipinski definition) is 1. The van der Waals surface area contributed by atoms with Gasteiger partial charge in [-0.3, -0.25) is 9.59 Å². The van der Waals surface area contributed by atoms with Gasteiger partial charge in [-0.1, -0.05) is 22.0 Å². The lowest BCUT2D eigenvalue weighted by atomic mass is 9.90. The highest BCUT2D eigenvalue weighted by Gasteiger charge is 2.59. The Kier molecular flexibility index (Phi) is 3.56. The SMILES string of the molecule is Cc1ccc(C(=O)N2CCC3(CC2)CC3C(=O)O)cc1Br. The molecule has 1 saturated heterocycles. The zero-order chi connectivity index (χ0) is 15.2. The molecule has 1 aromatic rings. The molecule has 1 amide bonds. The van der Waals surface area contributed by atoms with Gasteiger partial charge in [0, 0.05) is 23.1 Å². The Morgan fingerprint density at radius 3 is 2.52 bits per heavy atom. The second-order valence-electron chi connectivity index (χ2n) is 6.21. The van der Waals surface area contributed by atoms with Crippen LogP contribution in [-0.2, 0) is 4.79 Å². The van der Waals surface area contributed by atoms with Crippen molar-refractivity contribution in [2.45, 2.75) is 26.2 Å². The third-order valence-corrected chi connectivity index (χ3v) is 5.81. The fourth-order valence-corrected chi connectivity index (χ4v) is 3.69. The van der Waals surface area contributed by atoms with Crippen molar-refractivity contribution < 1.29 is 14.7 Å². The van der Waals surface area contributed by atoms with Gasteiger partial charge in [0.05, 0.1) is 5.92 Å². The molecule has 1 heterocycles. The number of piperidine rings is 1. The van der Waals surface area contributed by atoms with Gasteiger partial charge in [-0.2, -0.15) is 0 Å². The van der Waals surface area contributed by atoms with Crippen molar-refractivity contribution in [2.24, 2.45) is 11.3 Å². The number of likely N-dealkylation sites (tertiary alicyclic amines) is 1. The van der Waals surface area contributed by atoms with Gasteiger partial charge in [0.25, 0.3) is 5.91 Å². The van der Waals surface area contributed by atoms with Gasteiger partial charge >= 0.3 is 5.97 Å². The van der Waals surface area contributed by atoms with Crippen molar-refractivity contribution in [3.05, 3.63) is 33.8 Å². The van der Waals surface area contributed by atoms with Crippen LogP contribution < -0.4 is 0 Å². The first kappa shape index (κ1) is 14.6. The molecule has 0 radical (unpaired) electrons. The summed E-state index contributed by atoms with van der Waals surface area (Å²) in [5.74, 6) is -0.835. The Hall–Kier alpha value is -1.36. The number of nitrogens with zero attached hydrogens (tertiary/aromatic N) is 1. The molecular formula is C16H18BrNO3. The minimum absolute atomic E-state index is 0.0313. The van der Waals surface area contributed by atoms with Crippen LogP contribution in [0.5, 0.6) is 0 Å². The summed E-state index contributed by atoms with van der Waals surface area (Å²) in [6.45, 7) is 3.31. The van der Waals surface area contributed by atoms with Crippen LogP contribution in [-0.4, -0.2) is 35.0 Å².